The van der Waals surface area contributed by atoms with Crippen molar-refractivity contribution in [3.8, 4) is 17.2 Å². The van der Waals surface area contributed by atoms with Crippen molar-refractivity contribution >= 4 is 11.6 Å². The Labute approximate surface area is 176 Å². The first kappa shape index (κ1) is 21.3. The van der Waals surface area contributed by atoms with E-state index in [4.69, 9.17) is 14.2 Å². The van der Waals surface area contributed by atoms with Gasteiger partial charge in [0.25, 0.3) is 5.91 Å². The molecular formula is C24H26N2O4. The van der Waals surface area contributed by atoms with Crippen LogP contribution in [0.5, 0.6) is 17.2 Å². The first-order chi connectivity index (χ1) is 14.5. The van der Waals surface area contributed by atoms with E-state index in [1.54, 1.807) is 26.4 Å². The molecule has 3 aromatic rings. The predicted octanol–water partition coefficient (Wildman–Crippen LogP) is 5.02. The lowest BCUT2D eigenvalue weighted by Crippen LogP contribution is -2.16. The summed E-state index contributed by atoms with van der Waals surface area (Å²) in [7, 11) is 3.29. The highest BCUT2D eigenvalue weighted by Crippen LogP contribution is 2.26. The van der Waals surface area contributed by atoms with Gasteiger partial charge in [0.15, 0.2) is 0 Å². The van der Waals surface area contributed by atoms with Gasteiger partial charge in [-0.05, 0) is 62.4 Å². The molecule has 0 radical (unpaired) electrons. The number of nitrogens with zero attached hydrogens (tertiary/aromatic N) is 1. The molecule has 0 aliphatic heterocycles. The zero-order chi connectivity index (χ0) is 21.5. The van der Waals surface area contributed by atoms with Gasteiger partial charge in [0.2, 0.25) is 0 Å². The third-order valence-corrected chi connectivity index (χ3v) is 4.67. The van der Waals surface area contributed by atoms with Crippen molar-refractivity contribution in [2.75, 3.05) is 19.5 Å². The van der Waals surface area contributed by atoms with Gasteiger partial charge in [-0.2, -0.15) is 0 Å². The second-order valence-corrected chi connectivity index (χ2v) is 6.95. The first-order valence-electron chi connectivity index (χ1n) is 9.71. The van der Waals surface area contributed by atoms with E-state index in [1.165, 1.54) is 0 Å². The molecule has 0 fully saturated rings. The van der Waals surface area contributed by atoms with Crippen LogP contribution in [0.1, 0.15) is 28.7 Å². The Kier molecular flexibility index (Phi) is 7.03. The first-order valence-corrected chi connectivity index (χ1v) is 9.71. The maximum absolute atomic E-state index is 12.7. The highest BCUT2D eigenvalue weighted by Gasteiger charge is 2.13. The third kappa shape index (κ3) is 5.58. The van der Waals surface area contributed by atoms with E-state index >= 15 is 0 Å². The monoisotopic (exact) mass is 406 g/mol. The Morgan fingerprint density at radius 1 is 1.00 bits per heavy atom. The van der Waals surface area contributed by atoms with Gasteiger partial charge in [-0.25, -0.2) is 0 Å². The van der Waals surface area contributed by atoms with Gasteiger partial charge in [0.05, 0.1) is 24.5 Å². The topological polar surface area (TPSA) is 69.7 Å². The van der Waals surface area contributed by atoms with Crippen molar-refractivity contribution in [2.45, 2.75) is 26.4 Å². The lowest BCUT2D eigenvalue weighted by atomic mass is 10.1. The summed E-state index contributed by atoms with van der Waals surface area (Å²) in [6.45, 7) is 3.82. The minimum absolute atomic E-state index is 0.0741. The van der Waals surface area contributed by atoms with Crippen molar-refractivity contribution in [2.24, 2.45) is 0 Å². The maximum Gasteiger partial charge on any atom is 0.257 e. The molecule has 1 amide bonds. The van der Waals surface area contributed by atoms with Crippen LogP contribution < -0.4 is 14.8 Å². The highest BCUT2D eigenvalue weighted by molar-refractivity contribution is 6.05. The molecule has 2 aromatic carbocycles. The van der Waals surface area contributed by atoms with Gasteiger partial charge in [-0.1, -0.05) is 6.07 Å². The Hall–Kier alpha value is -3.38. The van der Waals surface area contributed by atoms with Crippen LogP contribution in [0.25, 0.3) is 0 Å². The largest absolute Gasteiger partial charge is 0.497 e. The number of anilines is 1. The Bertz CT molecular complexity index is 1000. The molecule has 1 aromatic heterocycles. The molecule has 1 atom stereocenters. The van der Waals surface area contributed by atoms with Crippen LogP contribution in [-0.4, -0.2) is 31.2 Å². The highest BCUT2D eigenvalue weighted by atomic mass is 16.5. The molecule has 156 valence electrons. The number of nitrogens with one attached hydrogen (secondary N) is 1. The molecule has 0 saturated carbocycles. The van der Waals surface area contributed by atoms with Gasteiger partial charge in [0.1, 0.15) is 17.2 Å². The van der Waals surface area contributed by atoms with Gasteiger partial charge in [-0.3, -0.25) is 9.78 Å². The number of benzene rings is 2. The molecule has 0 aliphatic carbocycles. The summed E-state index contributed by atoms with van der Waals surface area (Å²) in [6, 6.07) is 18.2. The standard InChI is InChI=1S/C24H26N2O4/c1-16(28-3)14-19-8-13-23(17(2)25-19)24(27)26-18-6-5-7-22(15-18)30-21-11-9-20(29-4)10-12-21/h5-13,15-16H,14H2,1-4H3,(H,26,27). The lowest BCUT2D eigenvalue weighted by molar-refractivity contribution is 0.102. The fourth-order valence-corrected chi connectivity index (χ4v) is 2.96. The summed E-state index contributed by atoms with van der Waals surface area (Å²) >= 11 is 0. The smallest absolute Gasteiger partial charge is 0.257 e. The Morgan fingerprint density at radius 3 is 2.40 bits per heavy atom. The summed E-state index contributed by atoms with van der Waals surface area (Å²) in [5.74, 6) is 1.85. The van der Waals surface area contributed by atoms with Crippen LogP contribution in [0.4, 0.5) is 5.69 Å². The summed E-state index contributed by atoms with van der Waals surface area (Å²) in [6.07, 6.45) is 0.772. The molecule has 0 spiro atoms. The van der Waals surface area contributed by atoms with Gasteiger partial charge >= 0.3 is 0 Å². The number of aryl methyl sites for hydroxylation is 1. The van der Waals surface area contributed by atoms with E-state index in [2.05, 4.69) is 10.3 Å². The quantitative estimate of drug-likeness (QED) is 0.569. The normalized spacial score (nSPS) is 11.6. The van der Waals surface area contributed by atoms with Crippen molar-refractivity contribution in [3.05, 3.63) is 77.6 Å². The number of hydrogen-bond donors (Lipinski definition) is 1. The number of carbonyl (C=O) groups excluding carboxylic acids is 1. The second-order valence-electron chi connectivity index (χ2n) is 6.95. The molecule has 6 heteroatoms. The second kappa shape index (κ2) is 9.89. The Balaban J connectivity index is 1.68. The van der Waals surface area contributed by atoms with Crippen LogP contribution >= 0.6 is 0 Å². The number of ether oxygens (including phenoxy) is 3. The van der Waals surface area contributed by atoms with E-state index in [9.17, 15) is 4.79 Å². The van der Waals surface area contributed by atoms with E-state index in [1.807, 2.05) is 62.4 Å². The summed E-state index contributed by atoms with van der Waals surface area (Å²) < 4.78 is 16.3. The van der Waals surface area contributed by atoms with E-state index in [-0.39, 0.29) is 12.0 Å². The van der Waals surface area contributed by atoms with Gasteiger partial charge in [-0.15, -0.1) is 0 Å². The molecule has 30 heavy (non-hydrogen) atoms. The molecular weight excluding hydrogens is 380 g/mol. The summed E-state index contributed by atoms with van der Waals surface area (Å²) in [5, 5.41) is 2.91. The SMILES string of the molecule is COc1ccc(Oc2cccc(NC(=O)c3ccc(CC(C)OC)nc3C)c2)cc1. The Morgan fingerprint density at radius 2 is 1.73 bits per heavy atom. The molecule has 1 N–H and O–H groups in total. The average molecular weight is 406 g/mol. The maximum atomic E-state index is 12.7. The van der Waals surface area contributed by atoms with E-state index < -0.39 is 0 Å². The van der Waals surface area contributed by atoms with Crippen molar-refractivity contribution in [3.63, 3.8) is 0 Å². The molecule has 0 saturated heterocycles. The van der Waals surface area contributed by atoms with E-state index in [0.717, 1.165) is 11.4 Å². The predicted molar refractivity (Wildman–Crippen MR) is 117 cm³/mol. The van der Waals surface area contributed by atoms with Crippen LogP contribution in [0, 0.1) is 6.92 Å². The molecule has 0 bridgehead atoms. The minimum Gasteiger partial charge on any atom is -0.497 e. The third-order valence-electron chi connectivity index (χ3n) is 4.67. The molecule has 0 aliphatic rings. The van der Waals surface area contributed by atoms with Gasteiger partial charge < -0.3 is 19.5 Å². The lowest BCUT2D eigenvalue weighted by Gasteiger charge is -2.12. The molecule has 1 heterocycles. The fraction of sp³-hybridized carbons (Fsp3) is 0.250. The van der Waals surface area contributed by atoms with Crippen molar-refractivity contribution < 1.29 is 19.0 Å². The van der Waals surface area contributed by atoms with E-state index in [0.29, 0.717) is 34.9 Å². The zero-order valence-corrected chi connectivity index (χ0v) is 17.6. The average Bonchev–Trinajstić information content (AvgIpc) is 2.74. The summed E-state index contributed by atoms with van der Waals surface area (Å²) in [5.41, 5.74) is 2.75. The van der Waals surface area contributed by atoms with Crippen LogP contribution in [-0.2, 0) is 11.2 Å². The minimum atomic E-state index is -0.215. The van der Waals surface area contributed by atoms with Crippen molar-refractivity contribution in [1.29, 1.82) is 0 Å². The number of carbonyl (C=O) groups is 1. The van der Waals surface area contributed by atoms with Gasteiger partial charge in [0, 0.05) is 31.0 Å². The summed E-state index contributed by atoms with van der Waals surface area (Å²) in [4.78, 5) is 17.3. The van der Waals surface area contributed by atoms with Crippen LogP contribution in [0.15, 0.2) is 60.7 Å². The number of hydrogen-bond acceptors (Lipinski definition) is 5. The number of aromatic nitrogens is 1. The molecule has 1 unspecified atom stereocenters. The number of methoxy groups -OCH3 is 2. The fourth-order valence-electron chi connectivity index (χ4n) is 2.96. The van der Waals surface area contributed by atoms with Crippen LogP contribution in [0.3, 0.4) is 0 Å². The zero-order valence-electron chi connectivity index (χ0n) is 17.6. The molecule has 3 rings (SSSR count). The number of pyridine rings is 1. The van der Waals surface area contributed by atoms with Crippen LogP contribution in [0.2, 0.25) is 0 Å². The number of amides is 1. The van der Waals surface area contributed by atoms with Crippen molar-refractivity contribution in [1.82, 2.24) is 4.98 Å². The molecule has 6 nitrogen and oxygen atoms in total. The number of rotatable bonds is 8.